The molecule has 0 aliphatic heterocycles. The number of amides is 1. The summed E-state index contributed by atoms with van der Waals surface area (Å²) in [6.07, 6.45) is 3.21. The largest absolute Gasteiger partial charge is 0.420 e. The van der Waals surface area contributed by atoms with Gasteiger partial charge in [-0.2, -0.15) is 8.42 Å². The molecule has 0 radical (unpaired) electrons. The Morgan fingerprint density at radius 2 is 1.97 bits per heavy atom. The van der Waals surface area contributed by atoms with Crippen LogP contribution >= 0.6 is 11.3 Å². The van der Waals surface area contributed by atoms with Crippen LogP contribution in [0.4, 0.5) is 9.18 Å². The molecule has 1 aromatic carbocycles. The molecule has 166 valence electrons. The van der Waals surface area contributed by atoms with Gasteiger partial charge in [0.1, 0.15) is 11.5 Å². The molecule has 0 unspecified atom stereocenters. The van der Waals surface area contributed by atoms with Crippen LogP contribution in [-0.2, 0) is 32.9 Å². The van der Waals surface area contributed by atoms with Crippen LogP contribution in [0.2, 0.25) is 0 Å². The number of aromatic nitrogens is 3. The maximum atomic E-state index is 14.3. The van der Waals surface area contributed by atoms with Gasteiger partial charge in [-0.1, -0.05) is 31.2 Å². The zero-order chi connectivity index (χ0) is 22.8. The number of benzene rings is 1. The molecule has 0 spiro atoms. The normalized spacial score (nSPS) is 12.1. The van der Waals surface area contributed by atoms with E-state index in [1.807, 2.05) is 6.92 Å². The van der Waals surface area contributed by atoms with E-state index in [0.717, 1.165) is 23.3 Å². The van der Waals surface area contributed by atoms with Gasteiger partial charge in [0.05, 0.1) is 5.01 Å². The molecule has 2 heterocycles. The van der Waals surface area contributed by atoms with Crippen molar-refractivity contribution < 1.29 is 21.8 Å². The first-order valence-corrected chi connectivity index (χ1v) is 11.8. The molecular formula is C20H23FN4O4S2. The molecule has 31 heavy (non-hydrogen) atoms. The molecule has 3 aromatic rings. The van der Waals surface area contributed by atoms with Crippen molar-refractivity contribution in [3.63, 3.8) is 0 Å². The minimum absolute atomic E-state index is 0.168. The Hall–Kier alpha value is -2.79. The van der Waals surface area contributed by atoms with Crippen molar-refractivity contribution in [1.82, 2.24) is 14.5 Å². The van der Waals surface area contributed by atoms with Crippen molar-refractivity contribution in [3.8, 4) is 11.3 Å². The van der Waals surface area contributed by atoms with Gasteiger partial charge in [0, 0.05) is 24.5 Å². The number of halogens is 1. The summed E-state index contributed by atoms with van der Waals surface area (Å²) in [4.78, 5) is 19.6. The molecule has 0 fully saturated rings. The fraction of sp³-hybridized carbons (Fsp3) is 0.350. The van der Waals surface area contributed by atoms with Gasteiger partial charge in [0.25, 0.3) is 0 Å². The minimum atomic E-state index is -4.38. The Labute approximate surface area is 184 Å². The third-order valence-corrected chi connectivity index (χ3v) is 7.15. The van der Waals surface area contributed by atoms with Crippen LogP contribution in [0.25, 0.3) is 11.3 Å². The number of nitrogens with two attached hydrogens (primary N) is 1. The number of hydrogen-bond donors (Lipinski definition) is 1. The zero-order valence-electron chi connectivity index (χ0n) is 17.3. The highest BCUT2D eigenvalue weighted by atomic mass is 32.3. The zero-order valence-corrected chi connectivity index (χ0v) is 19.0. The Bertz CT molecular complexity index is 1180. The molecule has 0 aliphatic carbocycles. The number of hydrogen-bond acceptors (Lipinski definition) is 7. The van der Waals surface area contributed by atoms with E-state index in [2.05, 4.69) is 14.2 Å². The average Bonchev–Trinajstić information content (AvgIpc) is 3.29. The summed E-state index contributed by atoms with van der Waals surface area (Å²) in [6.45, 7) is 5.24. The van der Waals surface area contributed by atoms with Crippen molar-refractivity contribution in [2.75, 3.05) is 0 Å². The van der Waals surface area contributed by atoms with E-state index in [0.29, 0.717) is 29.4 Å². The molecule has 0 saturated carbocycles. The molecule has 2 aromatic heterocycles. The lowest BCUT2D eigenvalue weighted by atomic mass is 10.1. The lowest BCUT2D eigenvalue weighted by molar-refractivity contribution is 0.200. The Morgan fingerprint density at radius 3 is 2.55 bits per heavy atom. The second-order valence-electron chi connectivity index (χ2n) is 7.40. The van der Waals surface area contributed by atoms with Gasteiger partial charge in [-0.25, -0.2) is 19.2 Å². The van der Waals surface area contributed by atoms with Crippen molar-refractivity contribution in [1.29, 1.82) is 0 Å². The molecule has 1 amide bonds. The number of thiazole rings is 1. The Kier molecular flexibility index (Phi) is 6.46. The number of alkyl halides is 1. The van der Waals surface area contributed by atoms with Gasteiger partial charge in [0.15, 0.2) is 9.88 Å². The highest BCUT2D eigenvalue weighted by Crippen LogP contribution is 2.34. The van der Waals surface area contributed by atoms with Gasteiger partial charge >= 0.3 is 16.2 Å². The van der Waals surface area contributed by atoms with Crippen molar-refractivity contribution in [3.05, 3.63) is 53.1 Å². The van der Waals surface area contributed by atoms with Gasteiger partial charge in [-0.15, -0.1) is 11.3 Å². The number of carbonyl (C=O) groups excluding carboxylic acids is 1. The second kappa shape index (κ2) is 8.75. The van der Waals surface area contributed by atoms with Crippen LogP contribution in [-0.4, -0.2) is 29.0 Å². The highest BCUT2D eigenvalue weighted by Gasteiger charge is 2.28. The van der Waals surface area contributed by atoms with Crippen LogP contribution in [0.15, 0.2) is 40.9 Å². The minimum Gasteiger partial charge on any atom is -0.334 e. The first kappa shape index (κ1) is 22.9. The molecule has 11 heteroatoms. The predicted molar refractivity (Wildman–Crippen MR) is 115 cm³/mol. The van der Waals surface area contributed by atoms with Crippen LogP contribution in [0.1, 0.15) is 43.6 Å². The standard InChI is InChI=1S/C20H23FN4O4S2/c1-4-5-15-24-16(17(30-15)31(27,28)29-19(22)26)14-8-6-13(7-9-14)12-25-11-10-23-18(25)20(2,3)21/h6-11H,4-5,12H2,1-3H3,(H2,22,26). The first-order chi connectivity index (χ1) is 14.5. The van der Waals surface area contributed by atoms with Crippen molar-refractivity contribution in [2.24, 2.45) is 5.73 Å². The van der Waals surface area contributed by atoms with Crippen molar-refractivity contribution >= 4 is 27.5 Å². The molecule has 0 aliphatic rings. The second-order valence-corrected chi connectivity index (χ2v) is 10.2. The van der Waals surface area contributed by atoms with Crippen molar-refractivity contribution in [2.45, 2.75) is 50.0 Å². The maximum Gasteiger partial charge on any atom is 0.420 e. The lowest BCUT2D eigenvalue weighted by Gasteiger charge is -2.16. The summed E-state index contributed by atoms with van der Waals surface area (Å²) in [5.41, 5.74) is 4.95. The summed E-state index contributed by atoms with van der Waals surface area (Å²) < 4.78 is 45.2. The summed E-state index contributed by atoms with van der Waals surface area (Å²) in [5, 5.41) is 0.612. The first-order valence-electron chi connectivity index (χ1n) is 9.54. The molecule has 0 atom stereocenters. The molecule has 0 bridgehead atoms. The van der Waals surface area contributed by atoms with Crippen LogP contribution in [0.3, 0.4) is 0 Å². The Balaban J connectivity index is 1.94. The molecule has 2 N–H and O–H groups in total. The highest BCUT2D eigenvalue weighted by molar-refractivity contribution is 7.89. The fourth-order valence-corrected chi connectivity index (χ4v) is 5.49. The van der Waals surface area contributed by atoms with Crippen LogP contribution in [0.5, 0.6) is 0 Å². The number of rotatable bonds is 8. The van der Waals surface area contributed by atoms with Gasteiger partial charge in [-0.3, -0.25) is 0 Å². The maximum absolute atomic E-state index is 14.3. The smallest absolute Gasteiger partial charge is 0.334 e. The summed E-state index contributed by atoms with van der Waals surface area (Å²) in [5.74, 6) is 0.317. The number of carbonyl (C=O) groups is 1. The van der Waals surface area contributed by atoms with E-state index in [1.165, 1.54) is 13.8 Å². The quantitative estimate of drug-likeness (QED) is 0.502. The van der Waals surface area contributed by atoms with E-state index in [-0.39, 0.29) is 9.90 Å². The van der Waals surface area contributed by atoms with Gasteiger partial charge in [0.2, 0.25) is 0 Å². The van der Waals surface area contributed by atoms with Crippen LogP contribution < -0.4 is 5.73 Å². The topological polar surface area (TPSA) is 117 Å². The SMILES string of the molecule is CCCc1nc(-c2ccc(Cn3ccnc3C(C)(C)F)cc2)c(S(=O)(=O)OC(N)=O)s1. The van der Waals surface area contributed by atoms with E-state index < -0.39 is 21.9 Å². The summed E-state index contributed by atoms with van der Waals surface area (Å²) in [6, 6.07) is 7.05. The molecule has 0 saturated heterocycles. The number of imidazole rings is 1. The van der Waals surface area contributed by atoms with Gasteiger partial charge in [-0.05, 0) is 32.3 Å². The molecule has 8 nitrogen and oxygen atoms in total. The number of aryl methyl sites for hydroxylation is 1. The number of nitrogens with zero attached hydrogens (tertiary/aromatic N) is 3. The lowest BCUT2D eigenvalue weighted by Crippen LogP contribution is -2.18. The monoisotopic (exact) mass is 466 g/mol. The summed E-state index contributed by atoms with van der Waals surface area (Å²) in [7, 11) is -4.38. The van der Waals surface area contributed by atoms with E-state index in [9.17, 15) is 17.6 Å². The third-order valence-electron chi connectivity index (χ3n) is 4.35. The number of primary amides is 1. The van der Waals surface area contributed by atoms with E-state index in [4.69, 9.17) is 5.73 Å². The van der Waals surface area contributed by atoms with E-state index in [1.54, 1.807) is 41.2 Å². The molecular weight excluding hydrogens is 443 g/mol. The van der Waals surface area contributed by atoms with Gasteiger partial charge < -0.3 is 14.5 Å². The van der Waals surface area contributed by atoms with Crippen LogP contribution in [0, 0.1) is 0 Å². The average molecular weight is 467 g/mol. The fourth-order valence-electron chi connectivity index (χ4n) is 3.08. The third kappa shape index (κ3) is 5.28. The summed E-state index contributed by atoms with van der Waals surface area (Å²) >= 11 is 0.955. The Morgan fingerprint density at radius 1 is 1.29 bits per heavy atom. The predicted octanol–water partition coefficient (Wildman–Crippen LogP) is 4.00. The van der Waals surface area contributed by atoms with E-state index >= 15 is 0 Å². The molecule has 3 rings (SSSR count).